The summed E-state index contributed by atoms with van der Waals surface area (Å²) in [5.41, 5.74) is 2.37. The molecule has 0 saturated carbocycles. The molecule has 0 amide bonds. The number of benzene rings is 1. The normalized spacial score (nSPS) is 19.7. The van der Waals surface area contributed by atoms with E-state index >= 15 is 0 Å². The third-order valence-electron chi connectivity index (χ3n) is 4.10. The minimum absolute atomic E-state index is 0.295. The number of hydrogen-bond donors (Lipinski definition) is 0. The maximum absolute atomic E-state index is 11.8. The molecule has 0 aliphatic carbocycles. The van der Waals surface area contributed by atoms with Crippen molar-refractivity contribution in [3.63, 3.8) is 0 Å². The van der Waals surface area contributed by atoms with Gasteiger partial charge in [0.05, 0.1) is 5.54 Å². The highest BCUT2D eigenvalue weighted by molar-refractivity contribution is 5.89. The van der Waals surface area contributed by atoms with Gasteiger partial charge in [-0.15, -0.1) is 0 Å². The van der Waals surface area contributed by atoms with Crippen LogP contribution in [0.5, 0.6) is 0 Å². The second-order valence-corrected chi connectivity index (χ2v) is 6.05. The quantitative estimate of drug-likeness (QED) is 0.814. The molecular weight excluding hydrogens is 222 g/mol. The lowest BCUT2D eigenvalue weighted by Gasteiger charge is -2.30. The Morgan fingerprint density at radius 3 is 2.28 bits per heavy atom. The van der Waals surface area contributed by atoms with Gasteiger partial charge in [0.15, 0.2) is 5.78 Å². The molecule has 1 aromatic rings. The molecule has 0 spiro atoms. The van der Waals surface area contributed by atoms with E-state index in [0.717, 1.165) is 13.1 Å². The van der Waals surface area contributed by atoms with E-state index in [4.69, 9.17) is 0 Å². The monoisotopic (exact) mass is 245 g/mol. The number of carbonyl (C=O) groups is 1. The van der Waals surface area contributed by atoms with Crippen molar-refractivity contribution in [3.05, 3.63) is 35.4 Å². The van der Waals surface area contributed by atoms with Crippen LogP contribution in [-0.2, 0) is 11.3 Å². The van der Waals surface area contributed by atoms with E-state index in [9.17, 15) is 4.79 Å². The fourth-order valence-corrected chi connectivity index (χ4v) is 2.50. The molecule has 0 aromatic heterocycles. The van der Waals surface area contributed by atoms with Crippen LogP contribution >= 0.6 is 0 Å². The summed E-state index contributed by atoms with van der Waals surface area (Å²) in [6, 6.07) is 8.78. The number of nitrogens with zero attached hydrogens (tertiary/aromatic N) is 1. The first-order valence-electron chi connectivity index (χ1n) is 6.78. The van der Waals surface area contributed by atoms with Crippen LogP contribution in [0.4, 0.5) is 0 Å². The molecule has 0 unspecified atom stereocenters. The van der Waals surface area contributed by atoms with Gasteiger partial charge < -0.3 is 0 Å². The summed E-state index contributed by atoms with van der Waals surface area (Å²) in [5.74, 6) is 0.935. The number of rotatable bonds is 3. The molecule has 1 aliphatic rings. The van der Waals surface area contributed by atoms with Crippen LogP contribution in [0.15, 0.2) is 24.3 Å². The van der Waals surface area contributed by atoms with Crippen LogP contribution in [0, 0.1) is 0 Å². The van der Waals surface area contributed by atoms with E-state index in [2.05, 4.69) is 43.0 Å². The largest absolute Gasteiger partial charge is 0.298 e. The first kappa shape index (κ1) is 13.3. The van der Waals surface area contributed by atoms with Crippen LogP contribution in [0.3, 0.4) is 0 Å². The smallest absolute Gasteiger partial charge is 0.153 e. The molecule has 2 heteroatoms. The topological polar surface area (TPSA) is 20.3 Å². The Morgan fingerprint density at radius 1 is 1.22 bits per heavy atom. The van der Waals surface area contributed by atoms with Crippen LogP contribution in [0.1, 0.15) is 51.2 Å². The van der Waals surface area contributed by atoms with Gasteiger partial charge in [-0.3, -0.25) is 9.69 Å². The molecule has 1 saturated heterocycles. The van der Waals surface area contributed by atoms with Crippen molar-refractivity contribution >= 4 is 5.78 Å². The highest BCUT2D eigenvalue weighted by Crippen LogP contribution is 2.27. The predicted molar refractivity (Wildman–Crippen MR) is 74.6 cm³/mol. The number of ketones is 1. The lowest BCUT2D eigenvalue weighted by atomic mass is 9.99. The van der Waals surface area contributed by atoms with Gasteiger partial charge in [0.25, 0.3) is 0 Å². The maximum Gasteiger partial charge on any atom is 0.153 e. The Morgan fingerprint density at radius 2 is 1.83 bits per heavy atom. The SMILES string of the molecule is CC(C)c1ccc(CN2CCC(=O)C2(C)C)cc1. The molecule has 1 heterocycles. The second kappa shape index (κ2) is 4.85. The summed E-state index contributed by atoms with van der Waals surface area (Å²) in [6.07, 6.45) is 0.692. The zero-order valence-electron chi connectivity index (χ0n) is 11.9. The Kier molecular flexibility index (Phi) is 3.58. The first-order valence-corrected chi connectivity index (χ1v) is 6.78. The average molecular weight is 245 g/mol. The van der Waals surface area contributed by atoms with E-state index in [-0.39, 0.29) is 5.54 Å². The van der Waals surface area contributed by atoms with Crippen molar-refractivity contribution < 1.29 is 4.79 Å². The molecule has 2 nitrogen and oxygen atoms in total. The van der Waals surface area contributed by atoms with Crippen molar-refractivity contribution in [3.8, 4) is 0 Å². The minimum atomic E-state index is -0.295. The second-order valence-electron chi connectivity index (χ2n) is 6.05. The standard InChI is InChI=1S/C16H23NO/c1-12(2)14-7-5-13(6-8-14)11-17-10-9-15(18)16(17,3)4/h5-8,12H,9-11H2,1-4H3. The molecule has 0 N–H and O–H groups in total. The Bertz CT molecular complexity index is 431. The van der Waals surface area contributed by atoms with E-state index in [1.807, 2.05) is 13.8 Å². The van der Waals surface area contributed by atoms with Gasteiger partial charge in [0.2, 0.25) is 0 Å². The predicted octanol–water partition coefficient (Wildman–Crippen LogP) is 3.36. The zero-order valence-corrected chi connectivity index (χ0v) is 11.9. The molecule has 0 atom stereocenters. The molecule has 98 valence electrons. The van der Waals surface area contributed by atoms with Crippen LogP contribution < -0.4 is 0 Å². The molecule has 0 radical (unpaired) electrons. The molecule has 1 fully saturated rings. The van der Waals surface area contributed by atoms with Crippen molar-refractivity contribution in [2.45, 2.75) is 52.1 Å². The molecule has 2 rings (SSSR count). The maximum atomic E-state index is 11.8. The summed E-state index contributed by atoms with van der Waals surface area (Å²) in [6.45, 7) is 10.2. The number of likely N-dealkylation sites (tertiary alicyclic amines) is 1. The Balaban J connectivity index is 2.08. The molecule has 1 aromatic carbocycles. The lowest BCUT2D eigenvalue weighted by molar-refractivity contribution is -0.123. The average Bonchev–Trinajstić information content (AvgIpc) is 2.57. The summed E-state index contributed by atoms with van der Waals surface area (Å²) >= 11 is 0. The first-order chi connectivity index (χ1) is 8.41. The summed E-state index contributed by atoms with van der Waals surface area (Å²) in [5, 5.41) is 0. The Hall–Kier alpha value is -1.15. The van der Waals surface area contributed by atoms with E-state index in [0.29, 0.717) is 18.1 Å². The molecule has 18 heavy (non-hydrogen) atoms. The Labute approximate surface area is 110 Å². The van der Waals surface area contributed by atoms with E-state index in [1.165, 1.54) is 11.1 Å². The highest BCUT2D eigenvalue weighted by Gasteiger charge is 2.39. The van der Waals surface area contributed by atoms with Gasteiger partial charge in [-0.2, -0.15) is 0 Å². The van der Waals surface area contributed by atoms with Crippen molar-refractivity contribution in [1.82, 2.24) is 4.90 Å². The van der Waals surface area contributed by atoms with Gasteiger partial charge in [-0.25, -0.2) is 0 Å². The van der Waals surface area contributed by atoms with Gasteiger partial charge in [0.1, 0.15) is 0 Å². The van der Waals surface area contributed by atoms with Gasteiger partial charge >= 0.3 is 0 Å². The van der Waals surface area contributed by atoms with Crippen molar-refractivity contribution in [2.75, 3.05) is 6.54 Å². The summed E-state index contributed by atoms with van der Waals surface area (Å²) < 4.78 is 0. The van der Waals surface area contributed by atoms with E-state index < -0.39 is 0 Å². The van der Waals surface area contributed by atoms with Crippen molar-refractivity contribution in [2.24, 2.45) is 0 Å². The minimum Gasteiger partial charge on any atom is -0.298 e. The third kappa shape index (κ3) is 2.49. The van der Waals surface area contributed by atoms with Crippen LogP contribution in [0.2, 0.25) is 0 Å². The fraction of sp³-hybridized carbons (Fsp3) is 0.562. The summed E-state index contributed by atoms with van der Waals surface area (Å²) in [7, 11) is 0. The lowest BCUT2D eigenvalue weighted by Crippen LogP contribution is -2.42. The van der Waals surface area contributed by atoms with Gasteiger partial charge in [0, 0.05) is 19.5 Å². The number of Topliss-reactive ketones (excluding diaryl/α,β-unsaturated/α-hetero) is 1. The summed E-state index contributed by atoms with van der Waals surface area (Å²) in [4.78, 5) is 14.1. The van der Waals surface area contributed by atoms with Gasteiger partial charge in [-0.1, -0.05) is 38.1 Å². The third-order valence-corrected chi connectivity index (χ3v) is 4.10. The van der Waals surface area contributed by atoms with Crippen LogP contribution in [0.25, 0.3) is 0 Å². The van der Waals surface area contributed by atoms with Crippen molar-refractivity contribution in [1.29, 1.82) is 0 Å². The number of hydrogen-bond acceptors (Lipinski definition) is 2. The number of carbonyl (C=O) groups excluding carboxylic acids is 1. The molecule has 0 bridgehead atoms. The van der Waals surface area contributed by atoms with Crippen LogP contribution in [-0.4, -0.2) is 22.8 Å². The van der Waals surface area contributed by atoms with Gasteiger partial charge in [-0.05, 0) is 30.9 Å². The zero-order chi connectivity index (χ0) is 13.3. The highest BCUT2D eigenvalue weighted by atomic mass is 16.1. The molecular formula is C16H23NO. The fourth-order valence-electron chi connectivity index (χ4n) is 2.50. The van der Waals surface area contributed by atoms with E-state index in [1.54, 1.807) is 0 Å². The molecule has 1 aliphatic heterocycles.